The Kier molecular flexibility index (Phi) is 3.71. The summed E-state index contributed by atoms with van der Waals surface area (Å²) >= 11 is 1.52. The molecule has 0 fully saturated rings. The molecule has 0 bridgehead atoms. The quantitative estimate of drug-likeness (QED) is 0.561. The topological polar surface area (TPSA) is 37.4 Å². The van der Waals surface area contributed by atoms with Gasteiger partial charge in [0.15, 0.2) is 0 Å². The molecule has 74 valence electrons. The van der Waals surface area contributed by atoms with Crippen LogP contribution >= 0.6 is 11.9 Å². The van der Waals surface area contributed by atoms with Gasteiger partial charge in [-0.05, 0) is 18.2 Å². The molecular weight excluding hydrogens is 198 g/mol. The van der Waals surface area contributed by atoms with Crippen molar-refractivity contribution in [3.8, 4) is 0 Å². The molecule has 0 atom stereocenters. The predicted molar refractivity (Wildman–Crippen MR) is 59.1 cm³/mol. The summed E-state index contributed by atoms with van der Waals surface area (Å²) in [5.74, 6) is 0. The van der Waals surface area contributed by atoms with E-state index >= 15 is 0 Å². The van der Waals surface area contributed by atoms with Gasteiger partial charge < -0.3 is 4.31 Å². The van der Waals surface area contributed by atoms with E-state index in [9.17, 15) is 9.59 Å². The molecule has 0 aliphatic rings. The van der Waals surface area contributed by atoms with Gasteiger partial charge in [0.05, 0.1) is 0 Å². The number of rotatable bonds is 4. The summed E-state index contributed by atoms with van der Waals surface area (Å²) in [6.07, 6.45) is 3.41. The second kappa shape index (κ2) is 4.81. The van der Waals surface area contributed by atoms with E-state index in [2.05, 4.69) is 0 Å². The molecule has 1 aromatic rings. The second-order valence-corrected chi connectivity index (χ2v) is 3.69. The number of aldehydes is 2. The van der Waals surface area contributed by atoms with Crippen molar-refractivity contribution in [1.29, 1.82) is 0 Å². The van der Waals surface area contributed by atoms with Crippen LogP contribution in [0.5, 0.6) is 0 Å². The van der Waals surface area contributed by atoms with Crippen LogP contribution in [0, 0.1) is 0 Å². The summed E-state index contributed by atoms with van der Waals surface area (Å²) in [6, 6.07) is 5.06. The van der Waals surface area contributed by atoms with Crippen molar-refractivity contribution in [1.82, 2.24) is 0 Å². The summed E-state index contributed by atoms with van der Waals surface area (Å²) in [7, 11) is 1.88. The highest BCUT2D eigenvalue weighted by molar-refractivity contribution is 7.99. The highest BCUT2D eigenvalue weighted by Gasteiger charge is 2.03. The van der Waals surface area contributed by atoms with Crippen LogP contribution in [0.2, 0.25) is 0 Å². The van der Waals surface area contributed by atoms with Gasteiger partial charge >= 0.3 is 0 Å². The highest BCUT2D eigenvalue weighted by atomic mass is 32.2. The van der Waals surface area contributed by atoms with Gasteiger partial charge in [-0.1, -0.05) is 11.9 Å². The zero-order valence-corrected chi connectivity index (χ0v) is 8.88. The van der Waals surface area contributed by atoms with E-state index in [1.807, 2.05) is 17.6 Å². The minimum atomic E-state index is 0.519. The molecular formula is C10H11NO2S. The number of hydrogen-bond donors (Lipinski definition) is 0. The minimum Gasteiger partial charge on any atom is -0.319 e. The molecule has 0 aliphatic heterocycles. The Morgan fingerprint density at radius 2 is 1.64 bits per heavy atom. The van der Waals surface area contributed by atoms with E-state index < -0.39 is 0 Å². The number of benzene rings is 1. The maximum Gasteiger partial charge on any atom is 0.150 e. The van der Waals surface area contributed by atoms with Crippen LogP contribution in [-0.4, -0.2) is 25.9 Å². The standard InChI is InChI=1S/C10H11NO2S/c1-11(14-2)10-4-8(6-12)3-9(5-10)7-13/h3-7H,1-2H3. The lowest BCUT2D eigenvalue weighted by atomic mass is 10.1. The first-order chi connectivity index (χ1) is 6.71. The SMILES string of the molecule is CSN(C)c1cc(C=O)cc(C=O)c1. The Hall–Kier alpha value is -1.29. The number of carbonyl (C=O) groups excluding carboxylic acids is 2. The predicted octanol–water partition coefficient (Wildman–Crippen LogP) is 2.03. The molecule has 0 spiro atoms. The fourth-order valence-electron chi connectivity index (χ4n) is 1.08. The molecule has 0 aromatic heterocycles. The molecule has 0 heterocycles. The Balaban J connectivity index is 3.16. The molecule has 4 heteroatoms. The lowest BCUT2D eigenvalue weighted by molar-refractivity contribution is 0.112. The molecule has 0 radical (unpaired) electrons. The van der Waals surface area contributed by atoms with Crippen molar-refractivity contribution in [2.75, 3.05) is 17.6 Å². The van der Waals surface area contributed by atoms with Crippen LogP contribution < -0.4 is 4.31 Å². The van der Waals surface area contributed by atoms with Crippen LogP contribution in [0.4, 0.5) is 5.69 Å². The average Bonchev–Trinajstić information content (AvgIpc) is 2.27. The van der Waals surface area contributed by atoms with Crippen molar-refractivity contribution in [3.05, 3.63) is 29.3 Å². The molecule has 0 saturated carbocycles. The Morgan fingerprint density at radius 1 is 1.14 bits per heavy atom. The summed E-state index contributed by atoms with van der Waals surface area (Å²) < 4.78 is 1.89. The van der Waals surface area contributed by atoms with Gasteiger partial charge in [-0.2, -0.15) is 0 Å². The summed E-state index contributed by atoms with van der Waals surface area (Å²) in [5, 5.41) is 0. The smallest absolute Gasteiger partial charge is 0.150 e. The van der Waals surface area contributed by atoms with Crippen molar-refractivity contribution >= 4 is 30.2 Å². The van der Waals surface area contributed by atoms with Gasteiger partial charge in [0.25, 0.3) is 0 Å². The number of hydrogen-bond acceptors (Lipinski definition) is 4. The van der Waals surface area contributed by atoms with Crippen LogP contribution in [0.15, 0.2) is 18.2 Å². The van der Waals surface area contributed by atoms with E-state index in [-0.39, 0.29) is 0 Å². The van der Waals surface area contributed by atoms with Crippen LogP contribution in [-0.2, 0) is 0 Å². The normalized spacial score (nSPS) is 9.57. The molecule has 0 aliphatic carbocycles. The first-order valence-corrected chi connectivity index (χ1v) is 5.22. The molecule has 3 nitrogen and oxygen atoms in total. The van der Waals surface area contributed by atoms with Crippen LogP contribution in [0.25, 0.3) is 0 Å². The fourth-order valence-corrected chi connectivity index (χ4v) is 1.40. The first-order valence-electron chi connectivity index (χ1n) is 4.04. The molecule has 1 aromatic carbocycles. The van der Waals surface area contributed by atoms with Gasteiger partial charge in [0.1, 0.15) is 12.6 Å². The lowest BCUT2D eigenvalue weighted by Crippen LogP contribution is -2.06. The third-order valence-corrected chi connectivity index (χ3v) is 2.63. The van der Waals surface area contributed by atoms with E-state index in [0.29, 0.717) is 11.1 Å². The Labute approximate surface area is 87.2 Å². The van der Waals surface area contributed by atoms with E-state index in [4.69, 9.17) is 0 Å². The third kappa shape index (κ3) is 2.35. The Bertz CT molecular complexity index is 326. The molecule has 1 rings (SSSR count). The van der Waals surface area contributed by atoms with E-state index in [0.717, 1.165) is 18.3 Å². The number of nitrogens with zero attached hydrogens (tertiary/aromatic N) is 1. The van der Waals surface area contributed by atoms with Crippen molar-refractivity contribution in [2.24, 2.45) is 0 Å². The molecule has 14 heavy (non-hydrogen) atoms. The van der Waals surface area contributed by atoms with Gasteiger partial charge in [-0.25, -0.2) is 0 Å². The summed E-state index contributed by atoms with van der Waals surface area (Å²) in [4.78, 5) is 21.2. The van der Waals surface area contributed by atoms with Crippen LogP contribution in [0.1, 0.15) is 20.7 Å². The fraction of sp³-hybridized carbons (Fsp3) is 0.200. The highest BCUT2D eigenvalue weighted by Crippen LogP contribution is 2.20. The van der Waals surface area contributed by atoms with E-state index in [1.165, 1.54) is 11.9 Å². The van der Waals surface area contributed by atoms with Gasteiger partial charge in [-0.15, -0.1) is 0 Å². The zero-order valence-electron chi connectivity index (χ0n) is 8.06. The summed E-state index contributed by atoms with van der Waals surface area (Å²) in [5.41, 5.74) is 1.89. The van der Waals surface area contributed by atoms with Gasteiger partial charge in [-0.3, -0.25) is 9.59 Å². The maximum atomic E-state index is 10.6. The monoisotopic (exact) mass is 209 g/mol. The van der Waals surface area contributed by atoms with Crippen molar-refractivity contribution < 1.29 is 9.59 Å². The molecule has 0 N–H and O–H groups in total. The molecule has 0 amide bonds. The summed E-state index contributed by atoms with van der Waals surface area (Å²) in [6.45, 7) is 0. The second-order valence-electron chi connectivity index (χ2n) is 2.77. The minimum absolute atomic E-state index is 0.519. The Morgan fingerprint density at radius 3 is 2.00 bits per heavy atom. The molecule has 0 saturated heterocycles. The van der Waals surface area contributed by atoms with E-state index in [1.54, 1.807) is 18.2 Å². The molecule has 0 unspecified atom stereocenters. The van der Waals surface area contributed by atoms with Crippen molar-refractivity contribution in [2.45, 2.75) is 0 Å². The number of anilines is 1. The zero-order chi connectivity index (χ0) is 10.6. The van der Waals surface area contributed by atoms with Crippen molar-refractivity contribution in [3.63, 3.8) is 0 Å². The van der Waals surface area contributed by atoms with Crippen LogP contribution in [0.3, 0.4) is 0 Å². The lowest BCUT2D eigenvalue weighted by Gasteiger charge is -2.15. The average molecular weight is 209 g/mol. The van der Waals surface area contributed by atoms with Gasteiger partial charge in [0.2, 0.25) is 0 Å². The number of carbonyl (C=O) groups is 2. The van der Waals surface area contributed by atoms with Gasteiger partial charge in [0, 0.05) is 30.1 Å². The maximum absolute atomic E-state index is 10.6. The largest absolute Gasteiger partial charge is 0.319 e. The first kappa shape index (κ1) is 10.8. The third-order valence-electron chi connectivity index (χ3n) is 1.87.